The zero-order chi connectivity index (χ0) is 29.8. The van der Waals surface area contributed by atoms with Gasteiger partial charge in [-0.25, -0.2) is 9.36 Å². The molecule has 1 aliphatic heterocycles. The number of hydrogen-bond donors (Lipinski definition) is 3. The molecule has 0 spiro atoms. The maximum absolute atomic E-state index is 14.9. The molecule has 0 bridgehead atoms. The summed E-state index contributed by atoms with van der Waals surface area (Å²) in [6.07, 6.45) is -5.57. The van der Waals surface area contributed by atoms with Gasteiger partial charge in [-0.15, -0.1) is 0 Å². The molecule has 0 amide bonds. The lowest BCUT2D eigenvalue weighted by Crippen LogP contribution is -2.42. The molecule has 41 heavy (non-hydrogen) atoms. The number of hydrogen-bond acceptors (Lipinski definition) is 10. The first-order valence-electron chi connectivity index (χ1n) is 12.1. The third kappa shape index (κ3) is 7.47. The Morgan fingerprint density at radius 3 is 2.59 bits per heavy atom. The third-order valence-corrected chi connectivity index (χ3v) is 7.76. The number of nitrogens with zero attached hydrogens (tertiary/aromatic N) is 2. The Morgan fingerprint density at radius 2 is 1.93 bits per heavy atom. The minimum atomic E-state index is -4.52. The minimum Gasteiger partial charge on any atom is -0.460 e. The molecule has 1 saturated heterocycles. The number of nitrogen functional groups attached to an aromatic ring is 1. The number of nitrogens with one attached hydrogen (secondary N) is 1. The number of benzene rings is 2. The molecule has 1 aromatic heterocycles. The van der Waals surface area contributed by atoms with Gasteiger partial charge in [-0.2, -0.15) is 18.9 Å². The van der Waals surface area contributed by atoms with Crippen molar-refractivity contribution in [1.82, 2.24) is 14.6 Å². The number of carbonyl (C=O) groups is 1. The number of alkyl halides is 2. The number of esters is 1. The van der Waals surface area contributed by atoms with Crippen LogP contribution in [0.15, 0.2) is 71.7 Å². The van der Waals surface area contributed by atoms with E-state index < -0.39 is 56.4 Å². The number of aromatic nitrogens is 2. The summed E-state index contributed by atoms with van der Waals surface area (Å²) in [6.45, 7) is 0.376. The van der Waals surface area contributed by atoms with E-state index in [-0.39, 0.29) is 18.2 Å². The van der Waals surface area contributed by atoms with Gasteiger partial charge in [0.25, 0.3) is 0 Å². The summed E-state index contributed by atoms with van der Waals surface area (Å²) in [5, 5.41) is 13.1. The fourth-order valence-electron chi connectivity index (χ4n) is 3.75. The summed E-state index contributed by atoms with van der Waals surface area (Å²) in [4.78, 5) is 28.1. The second-order valence-electron chi connectivity index (χ2n) is 8.97. The van der Waals surface area contributed by atoms with E-state index in [1.54, 1.807) is 30.3 Å². The topological polar surface area (TPSA) is 164 Å². The molecule has 5 atom stereocenters. The molecule has 3 aromatic rings. The van der Waals surface area contributed by atoms with Gasteiger partial charge in [0.1, 0.15) is 30.3 Å². The molecular formula is C25H26ClF2N4O8P. The molecule has 2 aromatic carbocycles. The highest BCUT2D eigenvalue weighted by atomic mass is 35.5. The molecule has 220 valence electrons. The lowest BCUT2D eigenvalue weighted by atomic mass is 10.1. The highest BCUT2D eigenvalue weighted by Gasteiger charge is 2.60. The Kier molecular flexibility index (Phi) is 9.42. The summed E-state index contributed by atoms with van der Waals surface area (Å²) in [7, 11) is -4.52. The average molecular weight is 615 g/mol. The van der Waals surface area contributed by atoms with E-state index >= 15 is 0 Å². The van der Waals surface area contributed by atoms with Crippen molar-refractivity contribution < 1.29 is 41.8 Å². The van der Waals surface area contributed by atoms with Crippen molar-refractivity contribution in [2.75, 3.05) is 12.3 Å². The molecular weight excluding hydrogens is 589 g/mol. The molecule has 1 fully saturated rings. The van der Waals surface area contributed by atoms with Crippen molar-refractivity contribution >= 4 is 31.1 Å². The van der Waals surface area contributed by atoms with E-state index in [9.17, 15) is 28.0 Å². The molecule has 2 unspecified atom stereocenters. The largest absolute Gasteiger partial charge is 0.460 e. The van der Waals surface area contributed by atoms with E-state index in [4.69, 9.17) is 35.9 Å². The lowest BCUT2D eigenvalue weighted by molar-refractivity contribution is -0.146. The molecule has 0 saturated carbocycles. The van der Waals surface area contributed by atoms with Crippen LogP contribution in [0.3, 0.4) is 0 Å². The van der Waals surface area contributed by atoms with Gasteiger partial charge in [0, 0.05) is 11.2 Å². The number of nitrogens with two attached hydrogens (primary N) is 1. The van der Waals surface area contributed by atoms with Gasteiger partial charge in [0.2, 0.25) is 6.23 Å². The second-order valence-corrected chi connectivity index (χ2v) is 11.1. The Hall–Kier alpha value is -3.39. The normalized spacial score (nSPS) is 22.0. The lowest BCUT2D eigenvalue weighted by Gasteiger charge is -2.24. The van der Waals surface area contributed by atoms with E-state index in [1.165, 1.54) is 31.2 Å². The van der Waals surface area contributed by atoms with E-state index in [0.717, 1.165) is 12.3 Å². The van der Waals surface area contributed by atoms with Gasteiger partial charge in [0.05, 0.1) is 6.61 Å². The first-order valence-corrected chi connectivity index (χ1v) is 14.0. The summed E-state index contributed by atoms with van der Waals surface area (Å²) in [5.74, 6) is -4.98. The summed E-state index contributed by atoms with van der Waals surface area (Å²) in [5.41, 5.74) is 4.99. The molecule has 2 heterocycles. The Balaban J connectivity index is 1.49. The average Bonchev–Trinajstić information content (AvgIpc) is 3.16. The van der Waals surface area contributed by atoms with Crippen molar-refractivity contribution in [3.8, 4) is 5.75 Å². The number of rotatable bonds is 11. The zero-order valence-electron chi connectivity index (χ0n) is 21.4. The quantitative estimate of drug-likeness (QED) is 0.214. The molecule has 4 N–H and O–H groups in total. The van der Waals surface area contributed by atoms with Crippen LogP contribution in [-0.4, -0.2) is 51.4 Å². The van der Waals surface area contributed by atoms with Crippen LogP contribution in [0.25, 0.3) is 0 Å². The van der Waals surface area contributed by atoms with Crippen molar-refractivity contribution in [3.63, 3.8) is 0 Å². The molecule has 0 aliphatic carbocycles. The van der Waals surface area contributed by atoms with Gasteiger partial charge in [-0.1, -0.05) is 41.9 Å². The maximum atomic E-state index is 14.9. The van der Waals surface area contributed by atoms with E-state index in [2.05, 4.69) is 10.1 Å². The molecule has 12 nitrogen and oxygen atoms in total. The van der Waals surface area contributed by atoms with Crippen LogP contribution < -0.4 is 21.0 Å². The standard InChI is InChI=1S/C25H26ClF2N4O8P/c1-15(22(34)37-13-16-5-3-2-4-6-16)31-41(36,40-18-9-7-17(26)8-10-18)38-14-19-21(33)25(27,28)23(39-19)32-12-11-20(29)30-24(32)35/h2-12,15,19,21,23,33H,13-14H2,1H3,(H,31,36)(H2,29,30,35)/t15-,19+,21?,23+,41?/m0/s1. The van der Waals surface area contributed by atoms with Crippen LogP contribution in [0.5, 0.6) is 5.75 Å². The third-order valence-electron chi connectivity index (χ3n) is 5.86. The predicted octanol–water partition coefficient (Wildman–Crippen LogP) is 3.30. The van der Waals surface area contributed by atoms with Gasteiger partial charge in [-0.05, 0) is 42.8 Å². The minimum absolute atomic E-state index is 0.00526. The van der Waals surface area contributed by atoms with E-state index in [1.807, 2.05) is 0 Å². The van der Waals surface area contributed by atoms with Gasteiger partial charge in [-0.3, -0.25) is 13.9 Å². The number of aliphatic hydroxyl groups is 1. The van der Waals surface area contributed by atoms with Gasteiger partial charge in [0.15, 0.2) is 6.10 Å². The van der Waals surface area contributed by atoms with Crippen molar-refractivity contribution in [1.29, 1.82) is 0 Å². The Morgan fingerprint density at radius 1 is 1.24 bits per heavy atom. The summed E-state index contributed by atoms with van der Waals surface area (Å²) < 4.78 is 65.4. The SMILES string of the molecule is C[C@H](NP(=O)(OC[C@H]1O[C@@H](n2ccc(N)nc2=O)C(F)(F)C1O)Oc1ccc(Cl)cc1)C(=O)OCc1ccccc1. The highest BCUT2D eigenvalue weighted by molar-refractivity contribution is 7.52. The first kappa shape index (κ1) is 30.6. The van der Waals surface area contributed by atoms with Crippen LogP contribution in [0, 0.1) is 0 Å². The molecule has 1 aliphatic rings. The van der Waals surface area contributed by atoms with Crippen molar-refractivity contribution in [2.45, 2.75) is 43.9 Å². The van der Waals surface area contributed by atoms with Crippen LogP contribution in [0.1, 0.15) is 18.7 Å². The van der Waals surface area contributed by atoms with Crippen LogP contribution >= 0.6 is 19.3 Å². The number of ether oxygens (including phenoxy) is 2. The monoisotopic (exact) mass is 614 g/mol. The Bertz CT molecular complexity index is 1460. The number of carbonyl (C=O) groups excluding carboxylic acids is 1. The highest BCUT2D eigenvalue weighted by Crippen LogP contribution is 2.48. The fourth-order valence-corrected chi connectivity index (χ4v) is 5.38. The van der Waals surface area contributed by atoms with Crippen molar-refractivity contribution in [3.05, 3.63) is 87.9 Å². The number of halogens is 3. The Labute approximate surface area is 237 Å². The zero-order valence-corrected chi connectivity index (χ0v) is 23.1. The maximum Gasteiger partial charge on any atom is 0.459 e. The van der Waals surface area contributed by atoms with Crippen LogP contribution in [0.2, 0.25) is 5.02 Å². The summed E-state index contributed by atoms with van der Waals surface area (Å²) in [6, 6.07) is 14.3. The van der Waals surface area contributed by atoms with Crippen LogP contribution in [-0.2, 0) is 30.0 Å². The fraction of sp³-hybridized carbons (Fsp3) is 0.320. The summed E-state index contributed by atoms with van der Waals surface area (Å²) >= 11 is 5.88. The second kappa shape index (κ2) is 12.6. The first-order chi connectivity index (χ1) is 19.4. The number of anilines is 1. The van der Waals surface area contributed by atoms with Crippen molar-refractivity contribution in [2.24, 2.45) is 0 Å². The number of aliphatic hydroxyl groups excluding tert-OH is 1. The van der Waals surface area contributed by atoms with Crippen LogP contribution in [0.4, 0.5) is 14.6 Å². The molecule has 4 rings (SSSR count). The van der Waals surface area contributed by atoms with Gasteiger partial charge < -0.3 is 24.8 Å². The molecule has 0 radical (unpaired) electrons. The van der Waals surface area contributed by atoms with E-state index in [0.29, 0.717) is 15.2 Å². The van der Waals surface area contributed by atoms with Gasteiger partial charge >= 0.3 is 25.3 Å². The predicted molar refractivity (Wildman–Crippen MR) is 142 cm³/mol. The smallest absolute Gasteiger partial charge is 0.459 e. The molecule has 16 heteroatoms.